The molecule has 15 heteroatoms. The second-order valence-corrected chi connectivity index (χ2v) is 11.0. The molecule has 1 atom stereocenters. The average Bonchev–Trinajstić information content (AvgIpc) is 2.90. The molecule has 1 amide bonds. The third kappa shape index (κ3) is 8.26. The second-order valence-electron chi connectivity index (χ2n) is 9.04. The van der Waals surface area contributed by atoms with Gasteiger partial charge in [0.1, 0.15) is 17.2 Å². The molecule has 3 rings (SSSR count). The number of nitrogens with one attached hydrogen (secondary N) is 4. The number of aliphatic hydroxyl groups is 1. The Morgan fingerprint density at radius 3 is 2.50 bits per heavy atom. The molecule has 2 heterocycles. The highest BCUT2D eigenvalue weighted by atomic mass is 32.2. The molecule has 0 aliphatic carbocycles. The molecule has 0 radical (unpaired) electrons. The predicted molar refractivity (Wildman–Crippen MR) is 145 cm³/mol. The number of pyridine rings is 1. The van der Waals surface area contributed by atoms with Gasteiger partial charge in [0.25, 0.3) is 5.91 Å². The highest BCUT2D eigenvalue weighted by molar-refractivity contribution is 7.92. The minimum atomic E-state index is -4.78. The van der Waals surface area contributed by atoms with E-state index in [0.717, 1.165) is 0 Å². The first kappa shape index (κ1) is 30.6. The van der Waals surface area contributed by atoms with E-state index in [9.17, 15) is 31.5 Å². The lowest BCUT2D eigenvalue weighted by molar-refractivity contribution is -0.137. The summed E-state index contributed by atoms with van der Waals surface area (Å²) in [7, 11) is -3.67. The SMILES string of the molecule is CCS(=O)(=O)Nc1ncccc1CNc1nc(Nc2cccc(C(=O)N[C@H](CO)C(C)C)c2)ncc1C(F)(F)F. The molecule has 1 aromatic carbocycles. The maximum Gasteiger partial charge on any atom is 0.421 e. The summed E-state index contributed by atoms with van der Waals surface area (Å²) < 4.78 is 67.4. The van der Waals surface area contributed by atoms with E-state index in [-0.39, 0.29) is 42.2 Å². The van der Waals surface area contributed by atoms with Crippen LogP contribution in [0.5, 0.6) is 0 Å². The molecule has 0 aliphatic rings. The minimum absolute atomic E-state index is 0.00343. The largest absolute Gasteiger partial charge is 0.421 e. The Balaban J connectivity index is 1.84. The lowest BCUT2D eigenvalue weighted by atomic mass is 10.0. The normalized spacial score (nSPS) is 12.6. The fourth-order valence-electron chi connectivity index (χ4n) is 3.40. The first-order valence-electron chi connectivity index (χ1n) is 12.2. The van der Waals surface area contributed by atoms with Gasteiger partial charge in [-0.05, 0) is 37.1 Å². The number of alkyl halides is 3. The van der Waals surface area contributed by atoms with Crippen molar-refractivity contribution in [3.05, 3.63) is 65.5 Å². The molecule has 3 aromatic rings. The van der Waals surface area contributed by atoms with Crippen molar-refractivity contribution in [3.8, 4) is 0 Å². The number of anilines is 4. The smallest absolute Gasteiger partial charge is 0.394 e. The molecule has 216 valence electrons. The molecule has 0 spiro atoms. The van der Waals surface area contributed by atoms with Gasteiger partial charge in [-0.25, -0.2) is 18.4 Å². The van der Waals surface area contributed by atoms with Gasteiger partial charge >= 0.3 is 6.18 Å². The van der Waals surface area contributed by atoms with Gasteiger partial charge in [-0.15, -0.1) is 0 Å². The second kappa shape index (κ2) is 12.9. The molecule has 0 saturated heterocycles. The zero-order chi connectivity index (χ0) is 29.5. The predicted octanol–water partition coefficient (Wildman–Crippen LogP) is 3.75. The van der Waals surface area contributed by atoms with E-state index in [2.05, 4.69) is 35.6 Å². The van der Waals surface area contributed by atoms with E-state index in [1.54, 1.807) is 18.2 Å². The number of hydrogen-bond donors (Lipinski definition) is 5. The molecule has 5 N–H and O–H groups in total. The maximum atomic E-state index is 13.7. The summed E-state index contributed by atoms with van der Waals surface area (Å²) in [4.78, 5) is 24.4. The van der Waals surface area contributed by atoms with E-state index >= 15 is 0 Å². The Morgan fingerprint density at radius 1 is 1.10 bits per heavy atom. The van der Waals surface area contributed by atoms with Crippen molar-refractivity contribution in [3.63, 3.8) is 0 Å². The summed E-state index contributed by atoms with van der Waals surface area (Å²) in [5.41, 5.74) is -0.239. The molecule has 0 fully saturated rings. The molecule has 0 bridgehead atoms. The van der Waals surface area contributed by atoms with Crippen LogP contribution in [0.2, 0.25) is 0 Å². The third-order valence-corrected chi connectivity index (χ3v) is 7.03. The highest BCUT2D eigenvalue weighted by Gasteiger charge is 2.35. The molecular weight excluding hydrogens is 551 g/mol. The van der Waals surface area contributed by atoms with Gasteiger partial charge in [0.05, 0.1) is 18.4 Å². The number of halogens is 3. The van der Waals surface area contributed by atoms with Crippen molar-refractivity contribution in [2.45, 2.75) is 39.5 Å². The topological polar surface area (TPSA) is 158 Å². The Labute approximate surface area is 229 Å². The number of aromatic nitrogens is 3. The molecule has 0 saturated carbocycles. The number of carbonyl (C=O) groups excluding carboxylic acids is 1. The van der Waals surface area contributed by atoms with Gasteiger partial charge in [-0.1, -0.05) is 26.0 Å². The van der Waals surface area contributed by atoms with Crippen molar-refractivity contribution in [2.75, 3.05) is 27.7 Å². The summed E-state index contributed by atoms with van der Waals surface area (Å²) >= 11 is 0. The number of carbonyl (C=O) groups is 1. The zero-order valence-corrected chi connectivity index (χ0v) is 22.8. The number of sulfonamides is 1. The Morgan fingerprint density at radius 2 is 1.85 bits per heavy atom. The fourth-order valence-corrected chi connectivity index (χ4v) is 4.02. The number of nitrogens with zero attached hydrogens (tertiary/aromatic N) is 3. The summed E-state index contributed by atoms with van der Waals surface area (Å²) in [5, 5.41) is 17.6. The van der Waals surface area contributed by atoms with Crippen LogP contribution in [0.3, 0.4) is 0 Å². The van der Waals surface area contributed by atoms with Gasteiger partial charge in [0.15, 0.2) is 0 Å². The first-order chi connectivity index (χ1) is 18.8. The Kier molecular flexibility index (Phi) is 9.87. The number of benzene rings is 1. The Bertz CT molecular complexity index is 1440. The quantitative estimate of drug-likeness (QED) is 0.215. The lowest BCUT2D eigenvalue weighted by Crippen LogP contribution is -2.41. The number of rotatable bonds is 12. The first-order valence-corrected chi connectivity index (χ1v) is 13.9. The van der Waals surface area contributed by atoms with E-state index in [1.807, 2.05) is 13.8 Å². The van der Waals surface area contributed by atoms with E-state index in [0.29, 0.717) is 17.4 Å². The zero-order valence-electron chi connectivity index (χ0n) is 22.0. The van der Waals surface area contributed by atoms with Crippen LogP contribution in [-0.4, -0.2) is 52.8 Å². The summed E-state index contributed by atoms with van der Waals surface area (Å²) in [6.07, 6.45) is -2.81. The van der Waals surface area contributed by atoms with E-state index < -0.39 is 39.5 Å². The van der Waals surface area contributed by atoms with Gasteiger partial charge in [0, 0.05) is 35.8 Å². The lowest BCUT2D eigenvalue weighted by Gasteiger charge is -2.20. The van der Waals surface area contributed by atoms with Gasteiger partial charge < -0.3 is 21.1 Å². The third-order valence-electron chi connectivity index (χ3n) is 5.76. The van der Waals surface area contributed by atoms with Gasteiger partial charge in [0.2, 0.25) is 16.0 Å². The maximum absolute atomic E-state index is 13.7. The van der Waals surface area contributed by atoms with Crippen LogP contribution in [0.15, 0.2) is 48.8 Å². The Hall–Kier alpha value is -3.98. The van der Waals surface area contributed by atoms with Crippen LogP contribution in [0.4, 0.5) is 36.4 Å². The van der Waals surface area contributed by atoms with E-state index in [4.69, 9.17) is 0 Å². The van der Waals surface area contributed by atoms with Gasteiger partial charge in [-0.3, -0.25) is 9.52 Å². The van der Waals surface area contributed by atoms with Crippen LogP contribution < -0.4 is 20.7 Å². The standard InChI is InChI=1S/C25H30F3N7O4S/c1-4-40(38,39)35-21-17(8-6-10-29-21)12-30-22-19(25(26,27)28)13-31-24(34-22)32-18-9-5-7-16(11-18)23(37)33-20(14-36)15(2)3/h5-11,13,15,20,36H,4,12,14H2,1-3H3,(H,29,35)(H,33,37)(H2,30,31,32,34)/t20-/m1/s1. The number of aliphatic hydroxyl groups excluding tert-OH is 1. The van der Waals surface area contributed by atoms with Crippen LogP contribution in [0.1, 0.15) is 42.3 Å². The fraction of sp³-hybridized carbons (Fsp3) is 0.360. The molecule has 11 nitrogen and oxygen atoms in total. The van der Waals surface area contributed by atoms with E-state index in [1.165, 1.54) is 31.3 Å². The van der Waals surface area contributed by atoms with Crippen LogP contribution in [0, 0.1) is 5.92 Å². The summed E-state index contributed by atoms with van der Waals surface area (Å²) in [6.45, 7) is 4.68. The van der Waals surface area contributed by atoms with Gasteiger partial charge in [-0.2, -0.15) is 18.2 Å². The van der Waals surface area contributed by atoms with Crippen LogP contribution in [0.25, 0.3) is 0 Å². The summed E-state index contributed by atoms with van der Waals surface area (Å²) in [5.74, 6) is -1.39. The van der Waals surface area contributed by atoms with Crippen molar-refractivity contribution in [1.29, 1.82) is 0 Å². The van der Waals surface area contributed by atoms with Crippen molar-refractivity contribution in [2.24, 2.45) is 5.92 Å². The minimum Gasteiger partial charge on any atom is -0.394 e. The van der Waals surface area contributed by atoms with Crippen molar-refractivity contribution in [1.82, 2.24) is 20.3 Å². The molecular formula is C25H30F3N7O4S. The number of hydrogen-bond acceptors (Lipinski definition) is 9. The highest BCUT2D eigenvalue weighted by Crippen LogP contribution is 2.34. The monoisotopic (exact) mass is 581 g/mol. The van der Waals surface area contributed by atoms with Crippen LogP contribution >= 0.6 is 0 Å². The molecule has 2 aromatic heterocycles. The van der Waals surface area contributed by atoms with Crippen molar-refractivity contribution >= 4 is 39.2 Å². The van der Waals surface area contributed by atoms with Crippen LogP contribution in [-0.2, 0) is 22.7 Å². The van der Waals surface area contributed by atoms with Crippen molar-refractivity contribution < 1.29 is 31.5 Å². The molecule has 40 heavy (non-hydrogen) atoms. The summed E-state index contributed by atoms with van der Waals surface area (Å²) in [6, 6.07) is 8.76. The number of amides is 1. The molecule has 0 unspecified atom stereocenters. The molecule has 0 aliphatic heterocycles. The average molecular weight is 582 g/mol.